The van der Waals surface area contributed by atoms with Gasteiger partial charge in [0.1, 0.15) is 6.04 Å². The van der Waals surface area contributed by atoms with Crippen LogP contribution in [0.1, 0.15) is 36.2 Å². The fourth-order valence-corrected chi connectivity index (χ4v) is 2.41. The van der Waals surface area contributed by atoms with Crippen molar-refractivity contribution >= 4 is 17.8 Å². The molecule has 0 unspecified atom stereocenters. The van der Waals surface area contributed by atoms with Crippen molar-refractivity contribution < 1.29 is 23.9 Å². The number of aliphatic carboxylic acids is 1. The number of amides is 2. The summed E-state index contributed by atoms with van der Waals surface area (Å²) in [5.41, 5.74) is 0. The normalized spacial score (nSPS) is 18.3. The topological polar surface area (TPSA) is 99.9 Å². The quantitative estimate of drug-likeness (QED) is 0.839. The lowest BCUT2D eigenvalue weighted by Gasteiger charge is -2.33. The first-order valence-electron chi connectivity index (χ1n) is 6.93. The Bertz CT molecular complexity index is 511. The zero-order valence-corrected chi connectivity index (χ0v) is 11.6. The highest BCUT2D eigenvalue weighted by molar-refractivity contribution is 5.91. The van der Waals surface area contributed by atoms with Gasteiger partial charge in [-0.1, -0.05) is 0 Å². The van der Waals surface area contributed by atoms with Crippen LogP contribution in [0.15, 0.2) is 22.8 Å². The van der Waals surface area contributed by atoms with Crippen molar-refractivity contribution in [3.63, 3.8) is 0 Å². The van der Waals surface area contributed by atoms with Crippen molar-refractivity contribution in [2.45, 2.75) is 31.7 Å². The molecule has 0 radical (unpaired) electrons. The van der Waals surface area contributed by atoms with E-state index < -0.39 is 12.0 Å². The van der Waals surface area contributed by atoms with Gasteiger partial charge in [-0.05, 0) is 31.4 Å². The first-order valence-corrected chi connectivity index (χ1v) is 6.93. The van der Waals surface area contributed by atoms with E-state index in [0.29, 0.717) is 13.0 Å². The van der Waals surface area contributed by atoms with Crippen molar-refractivity contribution in [1.82, 2.24) is 10.2 Å². The van der Waals surface area contributed by atoms with E-state index in [0.717, 1.165) is 12.8 Å². The van der Waals surface area contributed by atoms with E-state index in [1.807, 2.05) is 0 Å². The number of furan rings is 1. The minimum atomic E-state index is -0.970. The van der Waals surface area contributed by atoms with Gasteiger partial charge < -0.3 is 19.7 Å². The second kappa shape index (κ2) is 6.92. The number of hydrogen-bond acceptors (Lipinski definition) is 4. The molecule has 21 heavy (non-hydrogen) atoms. The molecule has 0 saturated carbocycles. The molecule has 1 saturated heterocycles. The Kier molecular flexibility index (Phi) is 4.97. The Balaban J connectivity index is 1.81. The van der Waals surface area contributed by atoms with Gasteiger partial charge in [-0.2, -0.15) is 0 Å². The van der Waals surface area contributed by atoms with Crippen molar-refractivity contribution in [3.8, 4) is 0 Å². The highest BCUT2D eigenvalue weighted by Crippen LogP contribution is 2.18. The molecule has 2 heterocycles. The molecule has 2 amide bonds. The summed E-state index contributed by atoms with van der Waals surface area (Å²) < 4.78 is 4.93. The first kappa shape index (κ1) is 15.1. The summed E-state index contributed by atoms with van der Waals surface area (Å²) >= 11 is 0. The SMILES string of the molecule is O=C(NCCC(=O)N1CCCC[C@H]1C(=O)O)c1ccco1. The van der Waals surface area contributed by atoms with Gasteiger partial charge in [-0.15, -0.1) is 0 Å². The number of carbonyl (C=O) groups excluding carboxylic acids is 2. The Morgan fingerprint density at radius 3 is 2.86 bits per heavy atom. The minimum absolute atomic E-state index is 0.0796. The molecule has 7 heteroatoms. The average molecular weight is 294 g/mol. The van der Waals surface area contributed by atoms with E-state index in [-0.39, 0.29) is 30.5 Å². The summed E-state index contributed by atoms with van der Waals surface area (Å²) in [6, 6.07) is 2.39. The zero-order valence-electron chi connectivity index (χ0n) is 11.6. The molecular weight excluding hydrogens is 276 g/mol. The van der Waals surface area contributed by atoms with Gasteiger partial charge in [0, 0.05) is 19.5 Å². The highest BCUT2D eigenvalue weighted by atomic mass is 16.4. The van der Waals surface area contributed by atoms with Crippen molar-refractivity contribution in [3.05, 3.63) is 24.2 Å². The molecule has 7 nitrogen and oxygen atoms in total. The van der Waals surface area contributed by atoms with Crippen LogP contribution in [-0.2, 0) is 9.59 Å². The molecule has 114 valence electrons. The number of carboxylic acids is 1. The minimum Gasteiger partial charge on any atom is -0.480 e. The highest BCUT2D eigenvalue weighted by Gasteiger charge is 2.31. The molecular formula is C14H18N2O5. The van der Waals surface area contributed by atoms with Gasteiger partial charge in [-0.3, -0.25) is 9.59 Å². The van der Waals surface area contributed by atoms with Crippen LogP contribution < -0.4 is 5.32 Å². The van der Waals surface area contributed by atoms with Crippen LogP contribution in [0.25, 0.3) is 0 Å². The number of hydrogen-bond donors (Lipinski definition) is 2. The summed E-state index contributed by atoms with van der Waals surface area (Å²) in [5.74, 6) is -1.42. The Morgan fingerprint density at radius 1 is 1.38 bits per heavy atom. The summed E-state index contributed by atoms with van der Waals surface area (Å²) in [6.07, 6.45) is 3.59. The molecule has 0 spiro atoms. The lowest BCUT2D eigenvalue weighted by Crippen LogP contribution is -2.48. The third-order valence-electron chi connectivity index (χ3n) is 3.48. The molecule has 2 rings (SSSR count). The molecule has 1 atom stereocenters. The van der Waals surface area contributed by atoms with Crippen LogP contribution in [0.5, 0.6) is 0 Å². The Labute approximate surface area is 121 Å². The number of nitrogens with zero attached hydrogens (tertiary/aromatic N) is 1. The van der Waals surface area contributed by atoms with Crippen LogP contribution in [0.2, 0.25) is 0 Å². The van der Waals surface area contributed by atoms with Gasteiger partial charge in [0.2, 0.25) is 5.91 Å². The third kappa shape index (κ3) is 3.84. The van der Waals surface area contributed by atoms with Gasteiger partial charge in [0.15, 0.2) is 5.76 Å². The zero-order chi connectivity index (χ0) is 15.2. The van der Waals surface area contributed by atoms with Crippen molar-refractivity contribution in [2.24, 2.45) is 0 Å². The van der Waals surface area contributed by atoms with E-state index in [1.54, 1.807) is 6.07 Å². The molecule has 0 aliphatic carbocycles. The number of rotatable bonds is 5. The fraction of sp³-hybridized carbons (Fsp3) is 0.500. The van der Waals surface area contributed by atoms with E-state index in [9.17, 15) is 14.4 Å². The standard InChI is InChI=1S/C14H18N2O5/c17-12(16-8-2-1-4-10(16)14(19)20)6-7-15-13(18)11-5-3-9-21-11/h3,5,9-10H,1-2,4,6-8H2,(H,15,18)(H,19,20)/t10-/m0/s1. The van der Waals surface area contributed by atoms with Crippen molar-refractivity contribution in [1.29, 1.82) is 0 Å². The second-order valence-corrected chi connectivity index (χ2v) is 4.92. The predicted molar refractivity (Wildman–Crippen MR) is 72.6 cm³/mol. The largest absolute Gasteiger partial charge is 0.480 e. The molecule has 1 fully saturated rings. The molecule has 0 aromatic carbocycles. The maximum atomic E-state index is 12.1. The fourth-order valence-electron chi connectivity index (χ4n) is 2.41. The molecule has 0 bridgehead atoms. The van der Waals surface area contributed by atoms with E-state index in [2.05, 4.69) is 5.32 Å². The smallest absolute Gasteiger partial charge is 0.326 e. The third-order valence-corrected chi connectivity index (χ3v) is 3.48. The first-order chi connectivity index (χ1) is 10.1. The number of carbonyl (C=O) groups is 3. The summed E-state index contributed by atoms with van der Waals surface area (Å²) in [6.45, 7) is 0.614. The summed E-state index contributed by atoms with van der Waals surface area (Å²) in [4.78, 5) is 36.2. The number of piperidine rings is 1. The molecule has 1 aromatic heterocycles. The maximum Gasteiger partial charge on any atom is 0.326 e. The van der Waals surface area contributed by atoms with Crippen LogP contribution in [0, 0.1) is 0 Å². The number of likely N-dealkylation sites (tertiary alicyclic amines) is 1. The van der Waals surface area contributed by atoms with Crippen molar-refractivity contribution in [2.75, 3.05) is 13.1 Å². The van der Waals surface area contributed by atoms with Crippen LogP contribution in [-0.4, -0.2) is 46.9 Å². The van der Waals surface area contributed by atoms with Gasteiger partial charge in [0.05, 0.1) is 6.26 Å². The average Bonchev–Trinajstić information content (AvgIpc) is 3.01. The summed E-state index contributed by atoms with van der Waals surface area (Å²) in [7, 11) is 0. The Hall–Kier alpha value is -2.31. The number of nitrogens with one attached hydrogen (secondary N) is 1. The van der Waals surface area contributed by atoms with E-state index in [4.69, 9.17) is 9.52 Å². The van der Waals surface area contributed by atoms with Crippen LogP contribution >= 0.6 is 0 Å². The van der Waals surface area contributed by atoms with Gasteiger partial charge in [-0.25, -0.2) is 4.79 Å². The monoisotopic (exact) mass is 294 g/mol. The van der Waals surface area contributed by atoms with Gasteiger partial charge >= 0.3 is 5.97 Å². The molecule has 1 aliphatic heterocycles. The second-order valence-electron chi connectivity index (χ2n) is 4.92. The van der Waals surface area contributed by atoms with Crippen LogP contribution in [0.3, 0.4) is 0 Å². The summed E-state index contributed by atoms with van der Waals surface area (Å²) in [5, 5.41) is 11.7. The van der Waals surface area contributed by atoms with E-state index >= 15 is 0 Å². The molecule has 1 aliphatic rings. The number of carboxylic acid groups (broad SMARTS) is 1. The maximum absolute atomic E-state index is 12.1. The Morgan fingerprint density at radius 2 is 2.19 bits per heavy atom. The van der Waals surface area contributed by atoms with Gasteiger partial charge in [0.25, 0.3) is 5.91 Å². The van der Waals surface area contributed by atoms with Crippen LogP contribution in [0.4, 0.5) is 0 Å². The van der Waals surface area contributed by atoms with E-state index in [1.165, 1.54) is 17.2 Å². The molecule has 2 N–H and O–H groups in total. The lowest BCUT2D eigenvalue weighted by molar-refractivity contribution is -0.152. The molecule has 1 aromatic rings. The lowest BCUT2D eigenvalue weighted by atomic mass is 10.0. The predicted octanol–water partition coefficient (Wildman–Crippen LogP) is 0.865.